The van der Waals surface area contributed by atoms with Crippen molar-refractivity contribution >= 4 is 6.29 Å². The number of hydrogen-bond acceptors (Lipinski definition) is 3. The van der Waals surface area contributed by atoms with Gasteiger partial charge in [-0.15, -0.1) is 0 Å². The molecule has 0 bridgehead atoms. The third kappa shape index (κ3) is 12.6. The Labute approximate surface area is 140 Å². The Hall–Kier alpha value is -1.61. The average molecular weight is 318 g/mol. The van der Waals surface area contributed by atoms with E-state index in [2.05, 4.69) is 6.08 Å². The van der Waals surface area contributed by atoms with E-state index < -0.39 is 0 Å². The van der Waals surface area contributed by atoms with Crippen molar-refractivity contribution < 1.29 is 14.3 Å². The molecule has 0 amide bonds. The van der Waals surface area contributed by atoms with Crippen LogP contribution in [0.5, 0.6) is 0 Å². The number of hydrogen-bond donors (Lipinski definition) is 0. The topological polar surface area (TPSA) is 35.5 Å². The molecule has 3 nitrogen and oxygen atoms in total. The monoisotopic (exact) mass is 318 g/mol. The zero-order chi connectivity index (χ0) is 16.4. The standard InChI is InChI=1S/C20H30O3/c21-16-12-7-5-3-1-2-4-6-8-13-17-22-19-23-18-20-14-10-9-11-15-20/h9-11,13-17H,1-8,12,18-19H2. The van der Waals surface area contributed by atoms with Crippen LogP contribution in [0.4, 0.5) is 0 Å². The van der Waals surface area contributed by atoms with Crippen LogP contribution in [0.15, 0.2) is 42.7 Å². The molecule has 128 valence electrons. The lowest BCUT2D eigenvalue weighted by Gasteiger charge is -2.03. The molecule has 0 radical (unpaired) electrons. The van der Waals surface area contributed by atoms with Gasteiger partial charge in [0.15, 0.2) is 6.79 Å². The van der Waals surface area contributed by atoms with E-state index in [1.165, 1.54) is 38.5 Å². The number of allylic oxidation sites excluding steroid dienone is 1. The highest BCUT2D eigenvalue weighted by Crippen LogP contribution is 2.09. The van der Waals surface area contributed by atoms with Gasteiger partial charge in [-0.05, 0) is 30.9 Å². The van der Waals surface area contributed by atoms with E-state index in [-0.39, 0.29) is 0 Å². The molecule has 0 saturated heterocycles. The molecule has 0 aliphatic rings. The molecule has 0 N–H and O–H groups in total. The quantitative estimate of drug-likeness (QED) is 0.188. The summed E-state index contributed by atoms with van der Waals surface area (Å²) < 4.78 is 10.7. The molecular formula is C20H30O3. The summed E-state index contributed by atoms with van der Waals surface area (Å²) in [6.45, 7) is 0.883. The Morgan fingerprint density at radius 3 is 2.17 bits per heavy atom. The minimum Gasteiger partial charge on any atom is -0.475 e. The number of carbonyl (C=O) groups is 1. The van der Waals surface area contributed by atoms with Gasteiger partial charge in [0.25, 0.3) is 0 Å². The fraction of sp³-hybridized carbons (Fsp3) is 0.550. The predicted molar refractivity (Wildman–Crippen MR) is 93.9 cm³/mol. The first kappa shape index (κ1) is 19.4. The molecular weight excluding hydrogens is 288 g/mol. The molecule has 1 rings (SSSR count). The first-order chi connectivity index (χ1) is 11.4. The number of rotatable bonds is 15. The Morgan fingerprint density at radius 2 is 1.48 bits per heavy atom. The lowest BCUT2D eigenvalue weighted by Crippen LogP contribution is -1.96. The van der Waals surface area contributed by atoms with Gasteiger partial charge in [0.2, 0.25) is 0 Å². The molecule has 0 spiro atoms. The van der Waals surface area contributed by atoms with Crippen LogP contribution >= 0.6 is 0 Å². The maximum atomic E-state index is 10.2. The van der Waals surface area contributed by atoms with Gasteiger partial charge in [0, 0.05) is 6.42 Å². The normalized spacial score (nSPS) is 11.0. The Morgan fingerprint density at radius 1 is 0.826 bits per heavy atom. The van der Waals surface area contributed by atoms with Gasteiger partial charge in [0.1, 0.15) is 6.29 Å². The maximum absolute atomic E-state index is 10.2. The second-order valence-electron chi connectivity index (χ2n) is 5.71. The summed E-state index contributed by atoms with van der Waals surface area (Å²) in [6.07, 6.45) is 15.1. The molecule has 0 aliphatic carbocycles. The van der Waals surface area contributed by atoms with Gasteiger partial charge in [-0.25, -0.2) is 0 Å². The summed E-state index contributed by atoms with van der Waals surface area (Å²) >= 11 is 0. The Bertz CT molecular complexity index is 401. The molecule has 0 saturated carbocycles. The van der Waals surface area contributed by atoms with Gasteiger partial charge < -0.3 is 14.3 Å². The number of unbranched alkanes of at least 4 members (excludes halogenated alkanes) is 8. The highest BCUT2D eigenvalue weighted by atomic mass is 16.7. The minimum atomic E-state index is 0.298. The number of benzene rings is 1. The Balaban J connectivity index is 1.79. The van der Waals surface area contributed by atoms with Crippen molar-refractivity contribution in [2.75, 3.05) is 6.79 Å². The molecule has 1 aromatic carbocycles. The third-order valence-corrected chi connectivity index (χ3v) is 3.65. The van der Waals surface area contributed by atoms with Gasteiger partial charge in [-0.2, -0.15) is 0 Å². The molecule has 3 heteroatoms. The van der Waals surface area contributed by atoms with Crippen molar-refractivity contribution in [3.05, 3.63) is 48.2 Å². The van der Waals surface area contributed by atoms with Crippen LogP contribution in [-0.2, 0) is 20.9 Å². The van der Waals surface area contributed by atoms with E-state index in [0.717, 1.165) is 31.1 Å². The van der Waals surface area contributed by atoms with E-state index in [4.69, 9.17) is 9.47 Å². The SMILES string of the molecule is O=CCCCCCCCCCC=COCOCc1ccccc1. The van der Waals surface area contributed by atoms with Crippen LogP contribution in [0, 0.1) is 0 Å². The summed E-state index contributed by atoms with van der Waals surface area (Å²) in [7, 11) is 0. The predicted octanol–water partition coefficient (Wildman–Crippen LogP) is 5.40. The van der Waals surface area contributed by atoms with Gasteiger partial charge in [-0.3, -0.25) is 0 Å². The minimum absolute atomic E-state index is 0.298. The zero-order valence-electron chi connectivity index (χ0n) is 14.1. The van der Waals surface area contributed by atoms with Gasteiger partial charge >= 0.3 is 0 Å². The third-order valence-electron chi connectivity index (χ3n) is 3.65. The molecule has 0 fully saturated rings. The summed E-state index contributed by atoms with van der Waals surface area (Å²) in [6, 6.07) is 10.1. The summed E-state index contributed by atoms with van der Waals surface area (Å²) in [5.41, 5.74) is 1.16. The van der Waals surface area contributed by atoms with Gasteiger partial charge in [0.05, 0.1) is 12.9 Å². The Kier molecular flexibility index (Phi) is 12.9. The highest BCUT2D eigenvalue weighted by Gasteiger charge is 1.92. The van der Waals surface area contributed by atoms with Crippen molar-refractivity contribution in [2.45, 2.75) is 64.4 Å². The summed E-state index contributed by atoms with van der Waals surface area (Å²) in [4.78, 5) is 10.2. The van der Waals surface area contributed by atoms with Crippen molar-refractivity contribution in [3.63, 3.8) is 0 Å². The molecule has 1 aromatic rings. The molecule has 0 aromatic heterocycles. The lowest BCUT2D eigenvalue weighted by molar-refractivity contribution is -0.107. The second kappa shape index (κ2) is 15.3. The fourth-order valence-corrected chi connectivity index (χ4v) is 2.33. The lowest BCUT2D eigenvalue weighted by atomic mass is 10.1. The maximum Gasteiger partial charge on any atom is 0.188 e. The molecule has 0 heterocycles. The van der Waals surface area contributed by atoms with E-state index in [1.54, 1.807) is 6.26 Å². The van der Waals surface area contributed by atoms with Crippen molar-refractivity contribution in [1.29, 1.82) is 0 Å². The summed E-state index contributed by atoms with van der Waals surface area (Å²) in [5, 5.41) is 0. The smallest absolute Gasteiger partial charge is 0.188 e. The van der Waals surface area contributed by atoms with E-state index >= 15 is 0 Å². The van der Waals surface area contributed by atoms with E-state index in [0.29, 0.717) is 13.4 Å². The number of aldehydes is 1. The fourth-order valence-electron chi connectivity index (χ4n) is 2.33. The van der Waals surface area contributed by atoms with E-state index in [9.17, 15) is 4.79 Å². The first-order valence-corrected chi connectivity index (χ1v) is 8.75. The second-order valence-corrected chi connectivity index (χ2v) is 5.71. The highest BCUT2D eigenvalue weighted by molar-refractivity contribution is 5.48. The largest absolute Gasteiger partial charge is 0.475 e. The first-order valence-electron chi connectivity index (χ1n) is 8.75. The van der Waals surface area contributed by atoms with Crippen LogP contribution in [0.3, 0.4) is 0 Å². The van der Waals surface area contributed by atoms with Crippen LogP contribution in [0.25, 0.3) is 0 Å². The molecule has 0 unspecified atom stereocenters. The van der Waals surface area contributed by atoms with Gasteiger partial charge in [-0.1, -0.05) is 62.4 Å². The number of ether oxygens (including phenoxy) is 2. The van der Waals surface area contributed by atoms with Crippen molar-refractivity contribution in [3.8, 4) is 0 Å². The summed E-state index contributed by atoms with van der Waals surface area (Å²) in [5.74, 6) is 0. The van der Waals surface area contributed by atoms with Crippen molar-refractivity contribution in [1.82, 2.24) is 0 Å². The average Bonchev–Trinajstić information content (AvgIpc) is 2.59. The van der Waals surface area contributed by atoms with Crippen LogP contribution in [0.1, 0.15) is 63.4 Å². The van der Waals surface area contributed by atoms with Crippen LogP contribution in [-0.4, -0.2) is 13.1 Å². The molecule has 0 atom stereocenters. The molecule has 23 heavy (non-hydrogen) atoms. The van der Waals surface area contributed by atoms with Crippen LogP contribution in [0.2, 0.25) is 0 Å². The zero-order valence-corrected chi connectivity index (χ0v) is 14.1. The van der Waals surface area contributed by atoms with Crippen molar-refractivity contribution in [2.24, 2.45) is 0 Å². The molecule has 0 aliphatic heterocycles. The number of carbonyl (C=O) groups excluding carboxylic acids is 1. The van der Waals surface area contributed by atoms with Crippen LogP contribution < -0.4 is 0 Å². The van der Waals surface area contributed by atoms with E-state index in [1.807, 2.05) is 30.3 Å².